The van der Waals surface area contributed by atoms with E-state index in [9.17, 15) is 0 Å². The summed E-state index contributed by atoms with van der Waals surface area (Å²) in [4.78, 5) is 0. The Morgan fingerprint density at radius 2 is 1.41 bits per heavy atom. The van der Waals surface area contributed by atoms with E-state index in [1.807, 2.05) is 66.7 Å². The van der Waals surface area contributed by atoms with Crippen molar-refractivity contribution >= 4 is 0 Å². The Kier molecular flexibility index (Phi) is 6.83. The molecular weight excluding hydrogens is 432 g/mol. The van der Waals surface area contributed by atoms with Gasteiger partial charge in [0.25, 0.3) is 0 Å². The zero-order chi connectivity index (χ0) is 23.4. The molecule has 0 unspecified atom stereocenters. The third-order valence-corrected chi connectivity index (χ3v) is 6.49. The van der Waals surface area contributed by atoms with Crippen molar-refractivity contribution in [2.24, 2.45) is 0 Å². The van der Waals surface area contributed by atoms with Gasteiger partial charge in [-0.05, 0) is 41.0 Å². The molecule has 3 aromatic carbocycles. The average molecular weight is 463 g/mol. The Morgan fingerprint density at radius 1 is 0.794 bits per heavy atom. The number of hydrogen-bond acceptors (Lipinski definition) is 6. The highest BCUT2D eigenvalue weighted by molar-refractivity contribution is 5.28. The third-order valence-electron chi connectivity index (χ3n) is 6.49. The van der Waals surface area contributed by atoms with E-state index in [-0.39, 0.29) is 18.3 Å². The maximum absolute atomic E-state index is 6.63. The standard InChI is InChI=1S/C28H30O6/c1-29-23-12-8-20(9-13-23)16-31-18-28-19-33-26(25(34-28)22-6-4-3-5-7-22)27(28)32-17-21-10-14-24(30-2)15-11-21/h3-15,25-27H,16-19H2,1-2H3/t25-,26+,27-,28-/m0/s1. The van der Waals surface area contributed by atoms with Gasteiger partial charge in [0.15, 0.2) is 0 Å². The molecule has 4 atom stereocenters. The van der Waals surface area contributed by atoms with Crippen LogP contribution in [0, 0.1) is 0 Å². The predicted octanol–water partition coefficient (Wildman–Crippen LogP) is 4.71. The van der Waals surface area contributed by atoms with E-state index in [1.54, 1.807) is 14.2 Å². The lowest BCUT2D eigenvalue weighted by Crippen LogP contribution is -2.46. The fourth-order valence-electron chi connectivity index (χ4n) is 4.65. The van der Waals surface area contributed by atoms with Crippen LogP contribution in [-0.2, 0) is 32.2 Å². The minimum atomic E-state index is -0.663. The van der Waals surface area contributed by atoms with E-state index in [1.165, 1.54) is 0 Å². The molecule has 2 aliphatic heterocycles. The molecule has 6 nitrogen and oxygen atoms in total. The van der Waals surface area contributed by atoms with E-state index in [0.717, 1.165) is 28.2 Å². The number of ether oxygens (including phenoxy) is 6. The second kappa shape index (κ2) is 10.2. The van der Waals surface area contributed by atoms with E-state index < -0.39 is 5.60 Å². The summed E-state index contributed by atoms with van der Waals surface area (Å²) >= 11 is 0. The summed E-state index contributed by atoms with van der Waals surface area (Å²) in [6.45, 7) is 1.75. The normalized spacial score (nSPS) is 25.4. The van der Waals surface area contributed by atoms with E-state index >= 15 is 0 Å². The van der Waals surface area contributed by atoms with Crippen LogP contribution in [-0.4, -0.2) is 45.2 Å². The average Bonchev–Trinajstić information content (AvgIpc) is 3.40. The first kappa shape index (κ1) is 22.9. The SMILES string of the molecule is COc1ccc(COC[C@@]23CO[C@H]([C@H](c4ccccc4)O2)[C@@H]3OCc2ccc(OC)cc2)cc1. The molecule has 2 saturated heterocycles. The molecule has 3 aromatic rings. The molecule has 2 fully saturated rings. The van der Waals surface area contributed by atoms with Gasteiger partial charge in [-0.1, -0.05) is 54.6 Å². The van der Waals surface area contributed by atoms with Gasteiger partial charge in [0.2, 0.25) is 0 Å². The van der Waals surface area contributed by atoms with Crippen LogP contribution < -0.4 is 9.47 Å². The van der Waals surface area contributed by atoms with Crippen LogP contribution in [0.3, 0.4) is 0 Å². The summed E-state index contributed by atoms with van der Waals surface area (Å²) in [5.74, 6) is 1.65. The molecule has 0 N–H and O–H groups in total. The van der Waals surface area contributed by atoms with Crippen molar-refractivity contribution in [3.63, 3.8) is 0 Å². The summed E-state index contributed by atoms with van der Waals surface area (Å²) in [5, 5.41) is 0. The zero-order valence-electron chi connectivity index (χ0n) is 19.5. The van der Waals surface area contributed by atoms with Crippen LogP contribution in [0.5, 0.6) is 11.5 Å². The van der Waals surface area contributed by atoms with Crippen molar-refractivity contribution in [1.29, 1.82) is 0 Å². The first-order valence-corrected chi connectivity index (χ1v) is 11.5. The molecule has 0 aliphatic carbocycles. The van der Waals surface area contributed by atoms with Crippen LogP contribution in [0.25, 0.3) is 0 Å². The lowest BCUT2D eigenvalue weighted by Gasteiger charge is -2.31. The number of benzene rings is 3. The Labute approximate surface area is 200 Å². The monoisotopic (exact) mass is 462 g/mol. The van der Waals surface area contributed by atoms with Gasteiger partial charge in [-0.15, -0.1) is 0 Å². The summed E-state index contributed by atoms with van der Waals surface area (Å²) in [6, 6.07) is 26.0. The highest BCUT2D eigenvalue weighted by atomic mass is 16.7. The minimum absolute atomic E-state index is 0.190. The highest BCUT2D eigenvalue weighted by Crippen LogP contribution is 2.49. The molecule has 0 aromatic heterocycles. The number of rotatable bonds is 10. The second-order valence-electron chi connectivity index (χ2n) is 8.71. The lowest BCUT2D eigenvalue weighted by molar-refractivity contribution is -0.176. The van der Waals surface area contributed by atoms with E-state index in [2.05, 4.69) is 12.1 Å². The Balaban J connectivity index is 1.30. The quantitative estimate of drug-likeness (QED) is 0.435. The first-order chi connectivity index (χ1) is 16.7. The van der Waals surface area contributed by atoms with Gasteiger partial charge < -0.3 is 28.4 Å². The largest absolute Gasteiger partial charge is 0.497 e. The molecule has 0 radical (unpaired) electrons. The lowest BCUT2D eigenvalue weighted by atomic mass is 9.97. The van der Waals surface area contributed by atoms with Crippen LogP contribution in [0.15, 0.2) is 78.9 Å². The van der Waals surface area contributed by atoms with Gasteiger partial charge in [-0.25, -0.2) is 0 Å². The van der Waals surface area contributed by atoms with Gasteiger partial charge >= 0.3 is 0 Å². The number of methoxy groups -OCH3 is 2. The summed E-state index contributed by atoms with van der Waals surface area (Å²) in [5.41, 5.74) is 2.56. The van der Waals surface area contributed by atoms with Crippen molar-refractivity contribution in [2.45, 2.75) is 37.1 Å². The third kappa shape index (κ3) is 4.68. The van der Waals surface area contributed by atoms with E-state index in [0.29, 0.717) is 26.4 Å². The molecule has 5 rings (SSSR count). The predicted molar refractivity (Wildman–Crippen MR) is 127 cm³/mol. The molecular formula is C28H30O6. The Morgan fingerprint density at radius 3 is 2.03 bits per heavy atom. The summed E-state index contributed by atoms with van der Waals surface area (Å²) in [7, 11) is 3.32. The Hall–Kier alpha value is -2.90. The highest BCUT2D eigenvalue weighted by Gasteiger charge is 2.62. The van der Waals surface area contributed by atoms with Crippen LogP contribution in [0.2, 0.25) is 0 Å². The van der Waals surface area contributed by atoms with Gasteiger partial charge in [0.1, 0.15) is 35.4 Å². The molecule has 0 spiro atoms. The molecule has 178 valence electrons. The van der Waals surface area contributed by atoms with Crippen LogP contribution in [0.4, 0.5) is 0 Å². The molecule has 2 aliphatic rings. The van der Waals surface area contributed by atoms with Crippen molar-refractivity contribution in [3.8, 4) is 11.5 Å². The zero-order valence-corrected chi connectivity index (χ0v) is 19.5. The first-order valence-electron chi connectivity index (χ1n) is 11.5. The summed E-state index contributed by atoms with van der Waals surface area (Å²) < 4.78 is 36.0. The number of fused-ring (bicyclic) bond motifs is 2. The fourth-order valence-corrected chi connectivity index (χ4v) is 4.65. The smallest absolute Gasteiger partial charge is 0.144 e. The molecule has 0 amide bonds. The van der Waals surface area contributed by atoms with Crippen LogP contribution in [0.1, 0.15) is 22.8 Å². The molecule has 0 saturated carbocycles. The molecule has 2 bridgehead atoms. The number of hydrogen-bond donors (Lipinski definition) is 0. The van der Waals surface area contributed by atoms with Gasteiger partial charge in [0.05, 0.1) is 40.6 Å². The maximum atomic E-state index is 6.63. The second-order valence-corrected chi connectivity index (χ2v) is 8.71. The molecule has 6 heteroatoms. The van der Waals surface area contributed by atoms with Crippen molar-refractivity contribution in [3.05, 3.63) is 95.6 Å². The van der Waals surface area contributed by atoms with Crippen molar-refractivity contribution in [2.75, 3.05) is 27.4 Å². The minimum Gasteiger partial charge on any atom is -0.497 e. The molecule has 2 heterocycles. The molecule has 34 heavy (non-hydrogen) atoms. The van der Waals surface area contributed by atoms with Gasteiger partial charge in [0, 0.05) is 0 Å². The van der Waals surface area contributed by atoms with Gasteiger partial charge in [-0.3, -0.25) is 0 Å². The van der Waals surface area contributed by atoms with Crippen molar-refractivity contribution in [1.82, 2.24) is 0 Å². The topological polar surface area (TPSA) is 55.4 Å². The maximum Gasteiger partial charge on any atom is 0.144 e. The fraction of sp³-hybridized carbons (Fsp3) is 0.357. The van der Waals surface area contributed by atoms with Crippen LogP contribution >= 0.6 is 0 Å². The van der Waals surface area contributed by atoms with Gasteiger partial charge in [-0.2, -0.15) is 0 Å². The van der Waals surface area contributed by atoms with Crippen molar-refractivity contribution < 1.29 is 28.4 Å². The summed E-state index contributed by atoms with van der Waals surface area (Å²) in [6.07, 6.45) is -0.624. The van der Waals surface area contributed by atoms with E-state index in [4.69, 9.17) is 28.4 Å². The Bertz CT molecular complexity index is 1050.